The van der Waals surface area contributed by atoms with Crippen molar-refractivity contribution in [3.63, 3.8) is 0 Å². The highest BCUT2D eigenvalue weighted by Gasteiger charge is 2.35. The number of hydrogen-bond donors (Lipinski definition) is 0. The summed E-state index contributed by atoms with van der Waals surface area (Å²) in [4.78, 5) is 26.3. The Morgan fingerprint density at radius 1 is 1.29 bits per heavy atom. The topological polar surface area (TPSA) is 102 Å². The lowest BCUT2D eigenvalue weighted by molar-refractivity contribution is -0.137. The smallest absolute Gasteiger partial charge is 0.245 e. The number of aromatic nitrogens is 2. The zero-order chi connectivity index (χ0) is 22.2. The van der Waals surface area contributed by atoms with Crippen molar-refractivity contribution in [2.24, 2.45) is 0 Å². The van der Waals surface area contributed by atoms with Gasteiger partial charge in [-0.05, 0) is 38.0 Å². The summed E-state index contributed by atoms with van der Waals surface area (Å²) in [5.74, 6) is 0.454. The first-order valence-electron chi connectivity index (χ1n) is 10.4. The number of fused-ring (bicyclic) bond motifs is 1. The van der Waals surface area contributed by atoms with Gasteiger partial charge in [-0.2, -0.15) is 0 Å². The molecular formula is C21H28N4O5S. The molecular weight excluding hydrogens is 420 g/mol. The summed E-state index contributed by atoms with van der Waals surface area (Å²) in [5, 5.41) is 0.796. The Kier molecular flexibility index (Phi) is 6.14. The van der Waals surface area contributed by atoms with Crippen molar-refractivity contribution in [2.45, 2.75) is 36.8 Å². The Labute approximate surface area is 182 Å². The van der Waals surface area contributed by atoms with E-state index >= 15 is 0 Å². The predicted octanol–water partition coefficient (Wildman–Crippen LogP) is 1.18. The lowest BCUT2D eigenvalue weighted by Crippen LogP contribution is -2.48. The second-order valence-electron chi connectivity index (χ2n) is 8.20. The molecule has 2 aliphatic rings. The molecule has 0 N–H and O–H groups in total. The van der Waals surface area contributed by atoms with Crippen molar-refractivity contribution in [1.29, 1.82) is 0 Å². The highest BCUT2D eigenvalue weighted by Crippen LogP contribution is 2.28. The van der Waals surface area contributed by atoms with Crippen LogP contribution in [-0.4, -0.2) is 87.6 Å². The molecule has 0 saturated carbocycles. The number of rotatable bonds is 5. The molecule has 1 aromatic carbocycles. The molecule has 31 heavy (non-hydrogen) atoms. The molecule has 2 aromatic rings. The number of amides is 1. The summed E-state index contributed by atoms with van der Waals surface area (Å²) in [6, 6.07) is 4.52. The normalized spacial score (nSPS) is 22.1. The van der Waals surface area contributed by atoms with Gasteiger partial charge in [0.2, 0.25) is 11.9 Å². The van der Waals surface area contributed by atoms with Gasteiger partial charge in [0.15, 0.2) is 9.84 Å². The number of sulfone groups is 1. The Bertz CT molecular complexity index is 1080. The minimum Gasteiger partial charge on any atom is -0.376 e. The van der Waals surface area contributed by atoms with Crippen molar-refractivity contribution in [2.75, 3.05) is 51.1 Å². The van der Waals surface area contributed by atoms with E-state index in [1.807, 2.05) is 11.8 Å². The lowest BCUT2D eigenvalue weighted by atomic mass is 10.2. The Morgan fingerprint density at radius 2 is 2.10 bits per heavy atom. The molecule has 0 spiro atoms. The fourth-order valence-electron chi connectivity index (χ4n) is 4.17. The van der Waals surface area contributed by atoms with Crippen LogP contribution in [0.5, 0.6) is 0 Å². The van der Waals surface area contributed by atoms with Gasteiger partial charge in [-0.25, -0.2) is 18.4 Å². The highest BCUT2D eigenvalue weighted by atomic mass is 32.2. The zero-order valence-corrected chi connectivity index (χ0v) is 18.9. The molecule has 1 aromatic heterocycles. The van der Waals surface area contributed by atoms with Gasteiger partial charge in [0.05, 0.1) is 42.0 Å². The molecule has 10 heteroatoms. The second kappa shape index (κ2) is 8.68. The highest BCUT2D eigenvalue weighted by molar-refractivity contribution is 7.90. The van der Waals surface area contributed by atoms with Crippen LogP contribution in [0.3, 0.4) is 0 Å². The first kappa shape index (κ1) is 21.9. The number of benzene rings is 1. The molecule has 168 valence electrons. The molecule has 0 bridgehead atoms. The lowest BCUT2D eigenvalue weighted by Gasteiger charge is -2.31. The molecule has 4 rings (SSSR count). The van der Waals surface area contributed by atoms with Crippen molar-refractivity contribution in [3.05, 3.63) is 23.9 Å². The van der Waals surface area contributed by atoms with E-state index in [1.54, 1.807) is 30.1 Å². The van der Waals surface area contributed by atoms with Crippen LogP contribution in [0.2, 0.25) is 0 Å². The number of nitrogens with zero attached hydrogens (tertiary/aromatic N) is 4. The van der Waals surface area contributed by atoms with E-state index in [2.05, 4.69) is 9.97 Å². The van der Waals surface area contributed by atoms with Gasteiger partial charge in [-0.15, -0.1) is 0 Å². The third-order valence-electron chi connectivity index (χ3n) is 5.81. The van der Waals surface area contributed by atoms with Crippen LogP contribution in [0.4, 0.5) is 5.95 Å². The Morgan fingerprint density at radius 3 is 2.81 bits per heavy atom. The largest absolute Gasteiger partial charge is 0.376 e. The summed E-state index contributed by atoms with van der Waals surface area (Å²) in [7, 11) is -1.57. The van der Waals surface area contributed by atoms with Gasteiger partial charge >= 0.3 is 0 Å². The minimum absolute atomic E-state index is 0.00194. The maximum atomic E-state index is 13.2. The molecule has 3 heterocycles. The maximum absolute atomic E-state index is 13.2. The van der Waals surface area contributed by atoms with Gasteiger partial charge in [0, 0.05) is 31.8 Å². The third kappa shape index (κ3) is 4.65. The van der Waals surface area contributed by atoms with E-state index in [4.69, 9.17) is 9.47 Å². The fourth-order valence-corrected chi connectivity index (χ4v) is 4.81. The standard InChI is InChI=1S/C21H28N4O5S/c1-14-17-7-6-16(31(3,27)28)11-18(17)23-21(22-14)25-8-4-5-19(25)20(26)24(2)12-15-13-29-9-10-30-15/h6-7,11,15,19H,4-5,8-10,12-13H2,1-3H3/t15-,19+/m0/s1. The number of ether oxygens (including phenoxy) is 2. The van der Waals surface area contributed by atoms with Gasteiger partial charge in [0.25, 0.3) is 0 Å². The zero-order valence-electron chi connectivity index (χ0n) is 18.1. The maximum Gasteiger partial charge on any atom is 0.245 e. The molecule has 2 fully saturated rings. The summed E-state index contributed by atoms with van der Waals surface area (Å²) in [5.41, 5.74) is 1.31. The summed E-state index contributed by atoms with van der Waals surface area (Å²) in [6.45, 7) is 4.63. The van der Waals surface area contributed by atoms with Gasteiger partial charge in [-0.1, -0.05) is 0 Å². The first-order chi connectivity index (χ1) is 14.7. The van der Waals surface area contributed by atoms with Crippen LogP contribution in [0.15, 0.2) is 23.1 Å². The van der Waals surface area contributed by atoms with Gasteiger partial charge in [0.1, 0.15) is 6.04 Å². The average Bonchev–Trinajstić information content (AvgIpc) is 3.22. The van der Waals surface area contributed by atoms with Crippen LogP contribution in [0.25, 0.3) is 10.9 Å². The molecule has 2 aliphatic heterocycles. The number of hydrogen-bond acceptors (Lipinski definition) is 8. The van der Waals surface area contributed by atoms with E-state index in [0.29, 0.717) is 44.4 Å². The fraction of sp³-hybridized carbons (Fsp3) is 0.571. The second-order valence-corrected chi connectivity index (χ2v) is 10.2. The number of aryl methyl sites for hydroxylation is 1. The van der Waals surface area contributed by atoms with Crippen LogP contribution >= 0.6 is 0 Å². The number of carbonyl (C=O) groups is 1. The van der Waals surface area contributed by atoms with E-state index in [-0.39, 0.29) is 22.9 Å². The predicted molar refractivity (Wildman–Crippen MR) is 116 cm³/mol. The van der Waals surface area contributed by atoms with Crippen LogP contribution < -0.4 is 4.90 Å². The molecule has 1 amide bonds. The van der Waals surface area contributed by atoms with Crippen molar-refractivity contribution < 1.29 is 22.7 Å². The van der Waals surface area contributed by atoms with Crippen LogP contribution in [0.1, 0.15) is 18.5 Å². The molecule has 0 unspecified atom stereocenters. The minimum atomic E-state index is -3.35. The average molecular weight is 449 g/mol. The molecule has 2 saturated heterocycles. The summed E-state index contributed by atoms with van der Waals surface area (Å²) >= 11 is 0. The molecule has 2 atom stereocenters. The van der Waals surface area contributed by atoms with Crippen LogP contribution in [0, 0.1) is 6.92 Å². The number of carbonyl (C=O) groups excluding carboxylic acids is 1. The SMILES string of the molecule is Cc1nc(N2CCC[C@@H]2C(=O)N(C)C[C@H]2COCCO2)nc2cc(S(C)(=O)=O)ccc12. The monoisotopic (exact) mass is 448 g/mol. The van der Waals surface area contributed by atoms with Crippen molar-refractivity contribution in [3.8, 4) is 0 Å². The van der Waals surface area contributed by atoms with E-state index in [0.717, 1.165) is 23.9 Å². The molecule has 0 radical (unpaired) electrons. The summed E-state index contributed by atoms with van der Waals surface area (Å²) < 4.78 is 35.0. The van der Waals surface area contributed by atoms with Crippen LogP contribution in [-0.2, 0) is 24.1 Å². The van der Waals surface area contributed by atoms with Gasteiger partial charge in [-0.3, -0.25) is 4.79 Å². The number of likely N-dealkylation sites (N-methyl/N-ethyl adjacent to an activating group) is 1. The van der Waals surface area contributed by atoms with E-state index in [9.17, 15) is 13.2 Å². The quantitative estimate of drug-likeness (QED) is 0.672. The summed E-state index contributed by atoms with van der Waals surface area (Å²) in [6.07, 6.45) is 2.63. The van der Waals surface area contributed by atoms with Gasteiger partial charge < -0.3 is 19.3 Å². The first-order valence-corrected chi connectivity index (χ1v) is 12.3. The number of anilines is 1. The Balaban J connectivity index is 1.59. The van der Waals surface area contributed by atoms with E-state index < -0.39 is 9.84 Å². The molecule has 0 aliphatic carbocycles. The Hall–Kier alpha value is -2.30. The molecule has 9 nitrogen and oxygen atoms in total. The third-order valence-corrected chi connectivity index (χ3v) is 6.92. The van der Waals surface area contributed by atoms with E-state index in [1.165, 1.54) is 6.26 Å². The van der Waals surface area contributed by atoms with Crippen molar-refractivity contribution >= 4 is 32.6 Å². The van der Waals surface area contributed by atoms with Crippen molar-refractivity contribution in [1.82, 2.24) is 14.9 Å².